The Morgan fingerprint density at radius 2 is 2.06 bits per heavy atom. The van der Waals surface area contributed by atoms with E-state index in [1.54, 1.807) is 0 Å². The average Bonchev–Trinajstić information content (AvgIpc) is 2.27. The standard InChI is InChI=1S/C10H10BrFO4/c1-15-6-4-3-5(8(12)10(13)14)9(16-2)7(6)11/h3-4,8H,1-2H3,(H,13,14). The van der Waals surface area contributed by atoms with Crippen LogP contribution in [-0.4, -0.2) is 25.3 Å². The van der Waals surface area contributed by atoms with E-state index >= 15 is 0 Å². The molecule has 88 valence electrons. The van der Waals surface area contributed by atoms with Gasteiger partial charge in [-0.3, -0.25) is 0 Å². The summed E-state index contributed by atoms with van der Waals surface area (Å²) in [6.07, 6.45) is -2.13. The normalized spacial score (nSPS) is 12.0. The third-order valence-electron chi connectivity index (χ3n) is 2.01. The number of alkyl halides is 1. The van der Waals surface area contributed by atoms with Crippen molar-refractivity contribution in [3.63, 3.8) is 0 Å². The number of benzene rings is 1. The molecule has 0 aliphatic carbocycles. The maximum atomic E-state index is 13.4. The van der Waals surface area contributed by atoms with Crippen molar-refractivity contribution in [1.82, 2.24) is 0 Å². The largest absolute Gasteiger partial charge is 0.495 e. The number of ether oxygens (including phenoxy) is 2. The van der Waals surface area contributed by atoms with E-state index in [0.717, 1.165) is 0 Å². The smallest absolute Gasteiger partial charge is 0.343 e. The molecule has 1 aromatic carbocycles. The van der Waals surface area contributed by atoms with E-state index in [1.165, 1.54) is 26.4 Å². The minimum absolute atomic E-state index is 0.0531. The monoisotopic (exact) mass is 292 g/mol. The molecule has 0 bridgehead atoms. The Kier molecular flexibility index (Phi) is 4.12. The van der Waals surface area contributed by atoms with Crippen LogP contribution in [0.4, 0.5) is 4.39 Å². The van der Waals surface area contributed by atoms with Crippen molar-refractivity contribution in [2.24, 2.45) is 0 Å². The van der Waals surface area contributed by atoms with E-state index in [-0.39, 0.29) is 11.3 Å². The van der Waals surface area contributed by atoms with Gasteiger partial charge in [-0.2, -0.15) is 0 Å². The first kappa shape index (κ1) is 12.8. The summed E-state index contributed by atoms with van der Waals surface area (Å²) in [5.41, 5.74) is -0.0531. The molecule has 4 nitrogen and oxygen atoms in total. The van der Waals surface area contributed by atoms with Gasteiger partial charge in [0.05, 0.1) is 14.2 Å². The van der Waals surface area contributed by atoms with E-state index in [1.807, 2.05) is 0 Å². The highest BCUT2D eigenvalue weighted by Gasteiger charge is 2.25. The van der Waals surface area contributed by atoms with Gasteiger partial charge < -0.3 is 14.6 Å². The molecule has 0 radical (unpaired) electrons. The van der Waals surface area contributed by atoms with Crippen molar-refractivity contribution in [3.05, 3.63) is 22.2 Å². The molecule has 0 aliphatic heterocycles. The molecule has 1 atom stereocenters. The first-order chi connectivity index (χ1) is 7.52. The van der Waals surface area contributed by atoms with E-state index < -0.39 is 12.1 Å². The first-order valence-electron chi connectivity index (χ1n) is 4.30. The lowest BCUT2D eigenvalue weighted by molar-refractivity contribution is -0.143. The van der Waals surface area contributed by atoms with E-state index in [0.29, 0.717) is 10.2 Å². The number of methoxy groups -OCH3 is 2. The Balaban J connectivity index is 3.31. The Morgan fingerprint density at radius 1 is 1.44 bits per heavy atom. The van der Waals surface area contributed by atoms with Gasteiger partial charge in [0.25, 0.3) is 0 Å². The van der Waals surface area contributed by atoms with Crippen LogP contribution in [0.2, 0.25) is 0 Å². The molecule has 1 unspecified atom stereocenters. The Labute approximate surface area is 100 Å². The van der Waals surface area contributed by atoms with Crippen molar-refractivity contribution < 1.29 is 23.8 Å². The van der Waals surface area contributed by atoms with Crippen LogP contribution in [-0.2, 0) is 4.79 Å². The summed E-state index contributed by atoms with van der Waals surface area (Å²) in [5.74, 6) is -0.997. The molecule has 1 N–H and O–H groups in total. The molecule has 6 heteroatoms. The van der Waals surface area contributed by atoms with Gasteiger partial charge in [-0.1, -0.05) is 0 Å². The number of carboxylic acids is 1. The van der Waals surface area contributed by atoms with E-state index in [9.17, 15) is 9.18 Å². The lowest BCUT2D eigenvalue weighted by Crippen LogP contribution is -2.08. The second-order valence-corrected chi connectivity index (χ2v) is 3.70. The molecule has 1 aromatic rings. The number of aliphatic carboxylic acids is 1. The molecule has 0 amide bonds. The Hall–Kier alpha value is -1.30. The molecular weight excluding hydrogens is 283 g/mol. The number of halogens is 2. The second-order valence-electron chi connectivity index (χ2n) is 2.91. The Morgan fingerprint density at radius 3 is 2.50 bits per heavy atom. The molecule has 0 saturated heterocycles. The topological polar surface area (TPSA) is 55.8 Å². The van der Waals surface area contributed by atoms with E-state index in [4.69, 9.17) is 14.6 Å². The van der Waals surface area contributed by atoms with Gasteiger partial charge in [-0.15, -0.1) is 0 Å². The van der Waals surface area contributed by atoms with Crippen LogP contribution in [0.15, 0.2) is 16.6 Å². The summed E-state index contributed by atoms with van der Waals surface area (Å²) in [6.45, 7) is 0. The highest BCUT2D eigenvalue weighted by molar-refractivity contribution is 9.10. The average molecular weight is 293 g/mol. The zero-order valence-electron chi connectivity index (χ0n) is 8.66. The quantitative estimate of drug-likeness (QED) is 0.927. The number of carbonyl (C=O) groups is 1. The van der Waals surface area contributed by atoms with Gasteiger partial charge in [0, 0.05) is 5.56 Å². The fraction of sp³-hybridized carbons (Fsp3) is 0.300. The highest BCUT2D eigenvalue weighted by atomic mass is 79.9. The molecule has 16 heavy (non-hydrogen) atoms. The summed E-state index contributed by atoms with van der Waals surface area (Å²) >= 11 is 3.16. The molecule has 0 fully saturated rings. The van der Waals surface area contributed by atoms with Crippen molar-refractivity contribution in [2.45, 2.75) is 6.17 Å². The fourth-order valence-electron chi connectivity index (χ4n) is 1.25. The summed E-state index contributed by atoms with van der Waals surface area (Å²) < 4.78 is 23.7. The van der Waals surface area contributed by atoms with Crippen molar-refractivity contribution >= 4 is 21.9 Å². The van der Waals surface area contributed by atoms with Crippen molar-refractivity contribution in [2.75, 3.05) is 14.2 Å². The van der Waals surface area contributed by atoms with E-state index in [2.05, 4.69) is 15.9 Å². The van der Waals surface area contributed by atoms with Gasteiger partial charge >= 0.3 is 5.97 Å². The van der Waals surface area contributed by atoms with Crippen LogP contribution in [0.3, 0.4) is 0 Å². The molecular formula is C10H10BrFO4. The predicted molar refractivity (Wildman–Crippen MR) is 58.7 cm³/mol. The SMILES string of the molecule is COc1ccc(C(F)C(=O)O)c(OC)c1Br. The summed E-state index contributed by atoms with van der Waals surface area (Å²) in [6, 6.07) is 2.79. The lowest BCUT2D eigenvalue weighted by atomic mass is 10.1. The second kappa shape index (κ2) is 5.16. The summed E-state index contributed by atoms with van der Waals surface area (Å²) in [5, 5.41) is 8.60. The molecule has 0 spiro atoms. The lowest BCUT2D eigenvalue weighted by Gasteiger charge is -2.13. The number of carboxylic acid groups (broad SMARTS) is 1. The van der Waals surface area contributed by atoms with Gasteiger partial charge in [0.2, 0.25) is 6.17 Å². The van der Waals surface area contributed by atoms with Crippen LogP contribution >= 0.6 is 15.9 Å². The zero-order chi connectivity index (χ0) is 12.3. The predicted octanol–water partition coefficient (Wildman–Crippen LogP) is 2.56. The molecule has 0 aliphatic rings. The van der Waals surface area contributed by atoms with Gasteiger partial charge in [0.15, 0.2) is 0 Å². The molecule has 0 heterocycles. The third-order valence-corrected chi connectivity index (χ3v) is 2.76. The zero-order valence-corrected chi connectivity index (χ0v) is 10.2. The fourth-order valence-corrected chi connectivity index (χ4v) is 1.94. The van der Waals surface area contributed by atoms with Crippen LogP contribution in [0.25, 0.3) is 0 Å². The van der Waals surface area contributed by atoms with Gasteiger partial charge in [-0.05, 0) is 28.1 Å². The Bertz CT molecular complexity index is 408. The van der Waals surface area contributed by atoms with Gasteiger partial charge in [0.1, 0.15) is 16.0 Å². The third kappa shape index (κ3) is 2.27. The summed E-state index contributed by atoms with van der Waals surface area (Å²) in [4.78, 5) is 10.6. The minimum atomic E-state index is -2.13. The van der Waals surface area contributed by atoms with Crippen LogP contribution < -0.4 is 9.47 Å². The van der Waals surface area contributed by atoms with Gasteiger partial charge in [-0.25, -0.2) is 9.18 Å². The maximum absolute atomic E-state index is 13.4. The number of hydrogen-bond donors (Lipinski definition) is 1. The molecule has 0 saturated carbocycles. The van der Waals surface area contributed by atoms with Crippen LogP contribution in [0.1, 0.15) is 11.7 Å². The van der Waals surface area contributed by atoms with Crippen molar-refractivity contribution in [3.8, 4) is 11.5 Å². The van der Waals surface area contributed by atoms with Crippen molar-refractivity contribution in [1.29, 1.82) is 0 Å². The highest BCUT2D eigenvalue weighted by Crippen LogP contribution is 2.40. The first-order valence-corrected chi connectivity index (χ1v) is 5.09. The number of hydrogen-bond acceptors (Lipinski definition) is 3. The maximum Gasteiger partial charge on any atom is 0.343 e. The summed E-state index contributed by atoms with van der Waals surface area (Å²) in [7, 11) is 2.78. The molecule has 0 aromatic heterocycles. The molecule has 1 rings (SSSR count). The minimum Gasteiger partial charge on any atom is -0.495 e. The van der Waals surface area contributed by atoms with Crippen LogP contribution in [0.5, 0.6) is 11.5 Å². The number of rotatable bonds is 4. The van der Waals surface area contributed by atoms with Crippen LogP contribution in [0, 0.1) is 0 Å².